The smallest absolute Gasteiger partial charge is 0.265 e. The highest BCUT2D eigenvalue weighted by molar-refractivity contribution is 7.86. The summed E-state index contributed by atoms with van der Waals surface area (Å²) in [5.74, 6) is 7.70. The van der Waals surface area contributed by atoms with Crippen LogP contribution in [0.3, 0.4) is 0 Å². The first-order valence-electron chi connectivity index (χ1n) is 9.22. The SMILES string of the molecule is CCCc1cnc(N(C)CC2CCC(C#CCOS(C)(=O)=O)CC2)nc1. The van der Waals surface area contributed by atoms with Crippen LogP contribution in [0.15, 0.2) is 12.4 Å². The largest absolute Gasteiger partial charge is 0.344 e. The van der Waals surface area contributed by atoms with Crippen molar-refractivity contribution in [1.29, 1.82) is 0 Å². The fourth-order valence-corrected chi connectivity index (χ4v) is 3.52. The van der Waals surface area contributed by atoms with E-state index in [9.17, 15) is 8.42 Å². The molecule has 144 valence electrons. The van der Waals surface area contributed by atoms with Crippen molar-refractivity contribution in [2.24, 2.45) is 11.8 Å². The molecule has 6 nitrogen and oxygen atoms in total. The van der Waals surface area contributed by atoms with Crippen LogP contribution in [0.2, 0.25) is 0 Å². The molecule has 0 atom stereocenters. The van der Waals surface area contributed by atoms with E-state index < -0.39 is 10.1 Å². The van der Waals surface area contributed by atoms with Gasteiger partial charge in [-0.05, 0) is 43.6 Å². The Labute approximate surface area is 157 Å². The van der Waals surface area contributed by atoms with Crippen LogP contribution >= 0.6 is 0 Å². The molecule has 1 fully saturated rings. The van der Waals surface area contributed by atoms with Crippen LogP contribution in [0, 0.1) is 23.7 Å². The third kappa shape index (κ3) is 7.30. The van der Waals surface area contributed by atoms with Crippen molar-refractivity contribution in [3.63, 3.8) is 0 Å². The Morgan fingerprint density at radius 1 is 1.23 bits per heavy atom. The van der Waals surface area contributed by atoms with E-state index in [1.165, 1.54) is 5.56 Å². The van der Waals surface area contributed by atoms with E-state index in [0.29, 0.717) is 11.8 Å². The molecule has 26 heavy (non-hydrogen) atoms. The second-order valence-corrected chi connectivity index (χ2v) is 8.67. The van der Waals surface area contributed by atoms with E-state index in [4.69, 9.17) is 0 Å². The molecule has 0 amide bonds. The van der Waals surface area contributed by atoms with Crippen molar-refractivity contribution in [2.45, 2.75) is 45.4 Å². The molecule has 0 N–H and O–H groups in total. The maximum absolute atomic E-state index is 10.9. The molecule has 0 unspecified atom stereocenters. The summed E-state index contributed by atoms with van der Waals surface area (Å²) in [6, 6.07) is 0. The number of anilines is 1. The van der Waals surface area contributed by atoms with Gasteiger partial charge in [0.25, 0.3) is 10.1 Å². The van der Waals surface area contributed by atoms with Gasteiger partial charge in [0.1, 0.15) is 6.61 Å². The number of hydrogen-bond acceptors (Lipinski definition) is 6. The molecule has 2 rings (SSSR count). The molecule has 0 aromatic carbocycles. The molecule has 7 heteroatoms. The highest BCUT2D eigenvalue weighted by atomic mass is 32.2. The molecule has 1 aliphatic rings. The van der Waals surface area contributed by atoms with Gasteiger partial charge in [0, 0.05) is 31.9 Å². The first kappa shape index (κ1) is 20.7. The minimum Gasteiger partial charge on any atom is -0.344 e. The van der Waals surface area contributed by atoms with Crippen molar-refractivity contribution in [3.05, 3.63) is 18.0 Å². The van der Waals surface area contributed by atoms with Crippen molar-refractivity contribution in [1.82, 2.24) is 9.97 Å². The average Bonchev–Trinajstić information content (AvgIpc) is 2.60. The zero-order chi connectivity index (χ0) is 19.0. The van der Waals surface area contributed by atoms with Gasteiger partial charge >= 0.3 is 0 Å². The highest BCUT2D eigenvalue weighted by Gasteiger charge is 2.21. The number of hydrogen-bond donors (Lipinski definition) is 0. The van der Waals surface area contributed by atoms with Crippen LogP contribution in [0.25, 0.3) is 0 Å². The number of rotatable bonds is 7. The van der Waals surface area contributed by atoms with E-state index in [-0.39, 0.29) is 6.61 Å². The van der Waals surface area contributed by atoms with Crippen LogP contribution in [0.5, 0.6) is 0 Å². The van der Waals surface area contributed by atoms with Gasteiger partial charge in [-0.2, -0.15) is 8.42 Å². The third-order valence-electron chi connectivity index (χ3n) is 4.60. The van der Waals surface area contributed by atoms with E-state index >= 15 is 0 Å². The van der Waals surface area contributed by atoms with E-state index in [2.05, 4.69) is 37.8 Å². The second-order valence-electron chi connectivity index (χ2n) is 7.03. The maximum Gasteiger partial charge on any atom is 0.265 e. The maximum atomic E-state index is 10.9. The highest BCUT2D eigenvalue weighted by Crippen LogP contribution is 2.29. The summed E-state index contributed by atoms with van der Waals surface area (Å²) >= 11 is 0. The summed E-state index contributed by atoms with van der Waals surface area (Å²) in [7, 11) is -1.36. The summed E-state index contributed by atoms with van der Waals surface area (Å²) in [5, 5.41) is 0. The Balaban J connectivity index is 1.75. The first-order chi connectivity index (χ1) is 12.4. The minimum absolute atomic E-state index is 0.0487. The summed E-state index contributed by atoms with van der Waals surface area (Å²) in [4.78, 5) is 11.1. The molecular formula is C19H29N3O3S. The molecule has 1 heterocycles. The van der Waals surface area contributed by atoms with Crippen LogP contribution < -0.4 is 4.90 Å². The van der Waals surface area contributed by atoms with E-state index in [1.54, 1.807) is 0 Å². The fourth-order valence-electron chi connectivity index (χ4n) is 3.24. The zero-order valence-electron chi connectivity index (χ0n) is 15.9. The Hall–Kier alpha value is -1.65. The summed E-state index contributed by atoms with van der Waals surface area (Å²) in [5.41, 5.74) is 1.18. The van der Waals surface area contributed by atoms with Crippen molar-refractivity contribution < 1.29 is 12.6 Å². The zero-order valence-corrected chi connectivity index (χ0v) is 16.8. The number of aryl methyl sites for hydroxylation is 1. The molecule has 0 radical (unpaired) electrons. The standard InChI is InChI=1S/C19H29N3O3S/c1-4-6-18-13-20-19(21-14-18)22(2)15-17-10-8-16(9-11-17)7-5-12-25-26(3,23)24/h13-14,16-17H,4,6,8-12,15H2,1-3H3. The average molecular weight is 380 g/mol. The lowest BCUT2D eigenvalue weighted by molar-refractivity contribution is 0.318. The van der Waals surface area contributed by atoms with Crippen molar-refractivity contribution in [3.8, 4) is 11.8 Å². The quantitative estimate of drug-likeness (QED) is 0.536. The topological polar surface area (TPSA) is 72.4 Å². The number of aromatic nitrogens is 2. The Morgan fingerprint density at radius 3 is 2.46 bits per heavy atom. The van der Waals surface area contributed by atoms with Gasteiger partial charge in [0.2, 0.25) is 5.95 Å². The van der Waals surface area contributed by atoms with Crippen LogP contribution in [-0.4, -0.2) is 44.8 Å². The molecule has 0 spiro atoms. The van der Waals surface area contributed by atoms with Gasteiger partial charge in [-0.1, -0.05) is 25.2 Å². The van der Waals surface area contributed by atoms with E-state index in [0.717, 1.165) is 57.3 Å². The monoisotopic (exact) mass is 379 g/mol. The van der Waals surface area contributed by atoms with E-state index in [1.807, 2.05) is 19.4 Å². The third-order valence-corrected chi connectivity index (χ3v) is 5.15. The lowest BCUT2D eigenvalue weighted by Crippen LogP contribution is -2.29. The predicted molar refractivity (Wildman–Crippen MR) is 103 cm³/mol. The Morgan fingerprint density at radius 2 is 1.88 bits per heavy atom. The van der Waals surface area contributed by atoms with Gasteiger partial charge in [-0.3, -0.25) is 4.18 Å². The lowest BCUT2D eigenvalue weighted by atomic mass is 9.82. The van der Waals surface area contributed by atoms with Crippen molar-refractivity contribution in [2.75, 3.05) is 31.4 Å². The van der Waals surface area contributed by atoms with Gasteiger partial charge in [0.15, 0.2) is 0 Å². The molecule has 1 aromatic rings. The molecule has 0 saturated heterocycles. The molecule has 1 aromatic heterocycles. The number of nitrogens with zero attached hydrogens (tertiary/aromatic N) is 3. The minimum atomic E-state index is -3.40. The fraction of sp³-hybridized carbons (Fsp3) is 0.684. The van der Waals surface area contributed by atoms with Crippen molar-refractivity contribution >= 4 is 16.1 Å². The van der Waals surface area contributed by atoms with Gasteiger partial charge < -0.3 is 4.90 Å². The predicted octanol–water partition coefficient (Wildman–Crippen LogP) is 2.65. The van der Waals surface area contributed by atoms with Crippen LogP contribution in [0.1, 0.15) is 44.6 Å². The summed E-state index contributed by atoms with van der Waals surface area (Å²) in [6.45, 7) is 3.05. The Kier molecular flexibility index (Phi) is 7.85. The summed E-state index contributed by atoms with van der Waals surface area (Å²) < 4.78 is 26.4. The molecular weight excluding hydrogens is 350 g/mol. The van der Waals surface area contributed by atoms with Gasteiger partial charge in [-0.15, -0.1) is 0 Å². The molecule has 1 saturated carbocycles. The van der Waals surface area contributed by atoms with Gasteiger partial charge in [-0.25, -0.2) is 9.97 Å². The summed E-state index contributed by atoms with van der Waals surface area (Å²) in [6.07, 6.45) is 11.3. The van der Waals surface area contributed by atoms with Gasteiger partial charge in [0.05, 0.1) is 6.26 Å². The lowest BCUT2D eigenvalue weighted by Gasteiger charge is -2.29. The first-order valence-corrected chi connectivity index (χ1v) is 11.0. The second kappa shape index (κ2) is 9.89. The van der Waals surface area contributed by atoms with Crippen LogP contribution in [0.4, 0.5) is 5.95 Å². The molecule has 0 aliphatic heterocycles. The normalized spacial score (nSPS) is 20.3. The molecule has 1 aliphatic carbocycles. The van der Waals surface area contributed by atoms with Crippen LogP contribution in [-0.2, 0) is 20.7 Å². The Bertz CT molecular complexity index is 715. The molecule has 0 bridgehead atoms.